The zero-order chi connectivity index (χ0) is 15.0. The van der Waals surface area contributed by atoms with E-state index in [2.05, 4.69) is 15.3 Å². The van der Waals surface area contributed by atoms with Gasteiger partial charge in [0.1, 0.15) is 16.9 Å². The molecule has 3 aromatic rings. The van der Waals surface area contributed by atoms with Crippen molar-refractivity contribution in [3.05, 3.63) is 52.2 Å². The molecule has 3 aromatic heterocycles. The van der Waals surface area contributed by atoms with Crippen LogP contribution >= 0.6 is 0 Å². The second-order valence-corrected chi connectivity index (χ2v) is 4.66. The lowest BCUT2D eigenvalue weighted by molar-refractivity contribution is 0.0935. The van der Waals surface area contributed by atoms with Gasteiger partial charge in [0.25, 0.3) is 11.5 Å². The Labute approximate surface area is 119 Å². The largest absolute Gasteiger partial charge is 0.467 e. The molecule has 3 rings (SSSR count). The summed E-state index contributed by atoms with van der Waals surface area (Å²) >= 11 is 0. The number of nitrogens with one attached hydrogen (secondary N) is 2. The van der Waals surface area contributed by atoms with Gasteiger partial charge in [-0.1, -0.05) is 0 Å². The van der Waals surface area contributed by atoms with E-state index in [1.165, 1.54) is 12.6 Å². The normalized spacial score (nSPS) is 12.5. The molecular weight excluding hydrogens is 274 g/mol. The van der Waals surface area contributed by atoms with E-state index in [1.807, 2.05) is 0 Å². The first-order chi connectivity index (χ1) is 10.1. The molecular formula is C14H13N3O4. The number of carbonyl (C=O) groups excluding carboxylic acids is 1. The maximum absolute atomic E-state index is 12.4. The summed E-state index contributed by atoms with van der Waals surface area (Å²) in [5.41, 5.74) is -0.0718. The maximum atomic E-state index is 12.4. The number of hydrogen-bond donors (Lipinski definition) is 2. The molecule has 0 saturated heterocycles. The molecule has 108 valence electrons. The molecule has 0 aliphatic heterocycles. The molecule has 0 spiro atoms. The fourth-order valence-electron chi connectivity index (χ4n) is 2.20. The Balaban J connectivity index is 1.99. The van der Waals surface area contributed by atoms with E-state index >= 15 is 0 Å². The Morgan fingerprint density at radius 2 is 2.29 bits per heavy atom. The molecule has 0 fully saturated rings. The molecule has 3 heterocycles. The van der Waals surface area contributed by atoms with Gasteiger partial charge < -0.3 is 19.1 Å². The highest BCUT2D eigenvalue weighted by Crippen LogP contribution is 2.21. The summed E-state index contributed by atoms with van der Waals surface area (Å²) in [5.74, 6) is 0.563. The van der Waals surface area contributed by atoms with Gasteiger partial charge in [0.15, 0.2) is 0 Å². The second-order valence-electron chi connectivity index (χ2n) is 4.66. The summed E-state index contributed by atoms with van der Waals surface area (Å²) in [4.78, 5) is 30.6. The molecule has 7 nitrogen and oxygen atoms in total. The number of rotatable bonds is 3. The predicted molar refractivity (Wildman–Crippen MR) is 74.0 cm³/mol. The third kappa shape index (κ3) is 2.22. The fourth-order valence-corrected chi connectivity index (χ4v) is 2.20. The standard InChI is InChI=1S/C14H13N3O4/c1-7(9-4-3-5-20-9)17-13(19)10-8(2)21-14-11(10)12(18)15-6-16-14/h3-7H,1-2H3,(H,17,19)(H,15,16,18)/t7-/m0/s1. The number of fused-ring (bicyclic) bond motifs is 1. The van der Waals surface area contributed by atoms with Crippen LogP contribution in [0.1, 0.15) is 34.8 Å². The Bertz CT molecular complexity index is 845. The van der Waals surface area contributed by atoms with Crippen LogP contribution in [0, 0.1) is 6.92 Å². The van der Waals surface area contributed by atoms with E-state index in [4.69, 9.17) is 8.83 Å². The van der Waals surface area contributed by atoms with Crippen LogP contribution < -0.4 is 10.9 Å². The number of aryl methyl sites for hydroxylation is 1. The van der Waals surface area contributed by atoms with Crippen molar-refractivity contribution < 1.29 is 13.6 Å². The number of hydrogen-bond acceptors (Lipinski definition) is 5. The number of H-pyrrole nitrogens is 1. The zero-order valence-corrected chi connectivity index (χ0v) is 11.5. The van der Waals surface area contributed by atoms with Crippen molar-refractivity contribution in [3.8, 4) is 0 Å². The van der Waals surface area contributed by atoms with Gasteiger partial charge in [-0.3, -0.25) is 9.59 Å². The molecule has 0 aliphatic rings. The van der Waals surface area contributed by atoms with Gasteiger partial charge in [-0.15, -0.1) is 0 Å². The smallest absolute Gasteiger partial charge is 0.262 e. The van der Waals surface area contributed by atoms with Crippen LogP contribution in [0.3, 0.4) is 0 Å². The van der Waals surface area contributed by atoms with Gasteiger partial charge in [-0.25, -0.2) is 4.98 Å². The average Bonchev–Trinajstić information content (AvgIpc) is 3.05. The van der Waals surface area contributed by atoms with Crippen molar-refractivity contribution >= 4 is 17.0 Å². The van der Waals surface area contributed by atoms with E-state index in [0.717, 1.165) is 0 Å². The van der Waals surface area contributed by atoms with Crippen LogP contribution in [-0.2, 0) is 0 Å². The monoisotopic (exact) mass is 287 g/mol. The average molecular weight is 287 g/mol. The van der Waals surface area contributed by atoms with Crippen LogP contribution in [0.15, 0.2) is 38.4 Å². The summed E-state index contributed by atoms with van der Waals surface area (Å²) < 4.78 is 10.6. The minimum atomic E-state index is -0.410. The van der Waals surface area contributed by atoms with E-state index < -0.39 is 11.5 Å². The SMILES string of the molecule is Cc1oc2nc[nH]c(=O)c2c1C(=O)N[C@@H](C)c1ccco1. The third-order valence-corrected chi connectivity index (χ3v) is 3.21. The zero-order valence-electron chi connectivity index (χ0n) is 11.5. The lowest BCUT2D eigenvalue weighted by atomic mass is 10.1. The lowest BCUT2D eigenvalue weighted by Gasteiger charge is -2.10. The van der Waals surface area contributed by atoms with E-state index in [-0.39, 0.29) is 22.7 Å². The Kier molecular flexibility index (Phi) is 3.09. The molecule has 0 radical (unpaired) electrons. The van der Waals surface area contributed by atoms with Crippen LogP contribution in [0.2, 0.25) is 0 Å². The summed E-state index contributed by atoms with van der Waals surface area (Å²) in [6, 6.07) is 3.18. The first-order valence-corrected chi connectivity index (χ1v) is 6.39. The van der Waals surface area contributed by atoms with E-state index in [1.54, 1.807) is 26.0 Å². The van der Waals surface area contributed by atoms with Crippen molar-refractivity contribution in [2.75, 3.05) is 0 Å². The summed E-state index contributed by atoms with van der Waals surface area (Å²) in [7, 11) is 0. The van der Waals surface area contributed by atoms with Crippen molar-refractivity contribution in [1.29, 1.82) is 0 Å². The van der Waals surface area contributed by atoms with Crippen molar-refractivity contribution in [1.82, 2.24) is 15.3 Å². The number of aromatic nitrogens is 2. The summed E-state index contributed by atoms with van der Waals surface area (Å²) in [6.07, 6.45) is 2.77. The molecule has 21 heavy (non-hydrogen) atoms. The van der Waals surface area contributed by atoms with E-state index in [9.17, 15) is 9.59 Å². The minimum absolute atomic E-state index is 0.145. The molecule has 0 bridgehead atoms. The van der Waals surface area contributed by atoms with Crippen molar-refractivity contribution in [2.24, 2.45) is 0 Å². The minimum Gasteiger partial charge on any atom is -0.467 e. The van der Waals surface area contributed by atoms with Crippen LogP contribution in [0.4, 0.5) is 0 Å². The first kappa shape index (κ1) is 13.2. The topological polar surface area (TPSA) is 101 Å². The van der Waals surface area contributed by atoms with Crippen LogP contribution in [-0.4, -0.2) is 15.9 Å². The van der Waals surface area contributed by atoms with Crippen LogP contribution in [0.25, 0.3) is 11.1 Å². The predicted octanol–water partition coefficient (Wildman–Crippen LogP) is 1.91. The highest BCUT2D eigenvalue weighted by molar-refractivity contribution is 6.06. The lowest BCUT2D eigenvalue weighted by Crippen LogP contribution is -2.27. The molecule has 1 amide bonds. The van der Waals surface area contributed by atoms with Crippen LogP contribution in [0.5, 0.6) is 0 Å². The molecule has 0 aliphatic carbocycles. The first-order valence-electron chi connectivity index (χ1n) is 6.39. The second kappa shape index (κ2) is 4.93. The Morgan fingerprint density at radius 1 is 1.48 bits per heavy atom. The molecule has 1 atom stereocenters. The highest BCUT2D eigenvalue weighted by atomic mass is 16.3. The number of aromatic amines is 1. The van der Waals surface area contributed by atoms with Gasteiger partial charge in [-0.2, -0.15) is 0 Å². The van der Waals surface area contributed by atoms with Gasteiger partial charge in [-0.05, 0) is 26.0 Å². The highest BCUT2D eigenvalue weighted by Gasteiger charge is 2.23. The number of furan rings is 2. The Hall–Kier alpha value is -2.83. The molecule has 0 aromatic carbocycles. The summed E-state index contributed by atoms with van der Waals surface area (Å²) in [6.45, 7) is 3.41. The number of carbonyl (C=O) groups is 1. The van der Waals surface area contributed by atoms with Crippen molar-refractivity contribution in [3.63, 3.8) is 0 Å². The van der Waals surface area contributed by atoms with Crippen molar-refractivity contribution in [2.45, 2.75) is 19.9 Å². The third-order valence-electron chi connectivity index (χ3n) is 3.21. The van der Waals surface area contributed by atoms with Gasteiger partial charge in [0, 0.05) is 0 Å². The number of amides is 1. The Morgan fingerprint density at radius 3 is 3.00 bits per heavy atom. The van der Waals surface area contributed by atoms with E-state index in [0.29, 0.717) is 11.5 Å². The molecule has 2 N–H and O–H groups in total. The maximum Gasteiger partial charge on any atom is 0.262 e. The van der Waals surface area contributed by atoms with Gasteiger partial charge in [0.2, 0.25) is 5.71 Å². The van der Waals surface area contributed by atoms with Gasteiger partial charge in [0.05, 0.1) is 24.2 Å². The molecule has 0 saturated carbocycles. The number of nitrogens with zero attached hydrogens (tertiary/aromatic N) is 1. The fraction of sp³-hybridized carbons (Fsp3) is 0.214. The summed E-state index contributed by atoms with van der Waals surface area (Å²) in [5, 5.41) is 2.92. The quantitative estimate of drug-likeness (QED) is 0.766. The molecule has 7 heteroatoms. The molecule has 0 unspecified atom stereocenters. The van der Waals surface area contributed by atoms with Gasteiger partial charge >= 0.3 is 0 Å².